The van der Waals surface area contributed by atoms with E-state index < -0.39 is 0 Å². The van der Waals surface area contributed by atoms with Gasteiger partial charge in [0.1, 0.15) is 0 Å². The lowest BCUT2D eigenvalue weighted by Gasteiger charge is -2.20. The van der Waals surface area contributed by atoms with E-state index in [1.807, 2.05) is 13.1 Å². The normalized spacial score (nSPS) is 11.6. The molecule has 0 bridgehead atoms. The van der Waals surface area contributed by atoms with Crippen molar-refractivity contribution in [2.24, 2.45) is 0 Å². The van der Waals surface area contributed by atoms with Crippen LogP contribution in [-0.4, -0.2) is 7.05 Å². The monoisotopic (exact) mass is 334 g/mol. The van der Waals surface area contributed by atoms with Crippen LogP contribution < -0.4 is 5.32 Å². The third-order valence-corrected chi connectivity index (χ3v) is 5.66. The quantitative estimate of drug-likeness (QED) is 0.290. The van der Waals surface area contributed by atoms with Crippen molar-refractivity contribution in [2.45, 2.75) is 13.8 Å². The molecule has 0 aliphatic heterocycles. The molecular weight excluding hydrogens is 316 g/mol. The second kappa shape index (κ2) is 5.09. The van der Waals surface area contributed by atoms with Crippen molar-refractivity contribution in [2.75, 3.05) is 12.4 Å². The molecule has 1 N–H and O–H groups in total. The first-order valence-corrected chi connectivity index (χ1v) is 8.87. The molecular formula is C24H18N2. The number of anilines is 1. The van der Waals surface area contributed by atoms with E-state index in [4.69, 9.17) is 0 Å². The highest BCUT2D eigenvalue weighted by Crippen LogP contribution is 2.45. The molecule has 0 saturated carbocycles. The molecule has 5 aromatic rings. The van der Waals surface area contributed by atoms with Crippen LogP contribution >= 0.6 is 0 Å². The first-order valence-electron chi connectivity index (χ1n) is 8.87. The molecule has 0 atom stereocenters. The Hall–Kier alpha value is -3.31. The van der Waals surface area contributed by atoms with Gasteiger partial charge in [-0.3, -0.25) is 0 Å². The molecule has 0 heterocycles. The molecule has 0 radical (unpaired) electrons. The van der Waals surface area contributed by atoms with Gasteiger partial charge in [0.25, 0.3) is 0 Å². The Kier molecular flexibility index (Phi) is 2.94. The van der Waals surface area contributed by atoms with E-state index in [1.54, 1.807) is 0 Å². The number of nitrogens with one attached hydrogen (secondary N) is 1. The fourth-order valence-corrected chi connectivity index (χ4v) is 4.62. The lowest BCUT2D eigenvalue weighted by Crippen LogP contribution is -1.97. The summed E-state index contributed by atoms with van der Waals surface area (Å²) in [5.74, 6) is 0. The number of rotatable bonds is 1. The Morgan fingerprint density at radius 1 is 0.769 bits per heavy atom. The molecule has 0 spiro atoms. The summed E-state index contributed by atoms with van der Waals surface area (Å²) in [5.41, 5.74) is 4.42. The lowest BCUT2D eigenvalue weighted by atomic mass is 9.85. The van der Waals surface area contributed by atoms with Gasteiger partial charge in [0, 0.05) is 28.9 Å². The molecule has 0 aliphatic rings. The predicted octanol–water partition coefficient (Wildman–Crippen LogP) is 6.27. The van der Waals surface area contributed by atoms with Crippen molar-refractivity contribution in [3.63, 3.8) is 0 Å². The minimum absolute atomic E-state index is 0.744. The van der Waals surface area contributed by atoms with Gasteiger partial charge < -0.3 is 5.32 Å². The van der Waals surface area contributed by atoms with Crippen molar-refractivity contribution in [1.29, 1.82) is 5.26 Å². The SMILES string of the molecule is CNc1cc(C)c2c(C)ccc3c4c(C#N)ccc5cccc(c1c23)c54. The molecule has 124 valence electrons. The van der Waals surface area contributed by atoms with Crippen LogP contribution in [0.15, 0.2) is 48.5 Å². The van der Waals surface area contributed by atoms with E-state index in [0.29, 0.717) is 0 Å². The molecule has 5 rings (SSSR count). The Bertz CT molecular complexity index is 1390. The van der Waals surface area contributed by atoms with Gasteiger partial charge in [-0.2, -0.15) is 5.26 Å². The molecule has 0 fully saturated rings. The third-order valence-electron chi connectivity index (χ3n) is 5.66. The van der Waals surface area contributed by atoms with Crippen molar-refractivity contribution < 1.29 is 0 Å². The molecule has 2 heteroatoms. The molecule has 5 aromatic carbocycles. The maximum Gasteiger partial charge on any atom is 0.0998 e. The van der Waals surface area contributed by atoms with E-state index in [0.717, 1.165) is 16.6 Å². The maximum atomic E-state index is 9.77. The largest absolute Gasteiger partial charge is 0.388 e. The predicted molar refractivity (Wildman–Crippen MR) is 111 cm³/mol. The van der Waals surface area contributed by atoms with Crippen LogP contribution in [0.4, 0.5) is 5.69 Å². The number of benzene rings is 5. The van der Waals surface area contributed by atoms with E-state index in [9.17, 15) is 5.26 Å². The summed E-state index contributed by atoms with van der Waals surface area (Å²) in [4.78, 5) is 0. The van der Waals surface area contributed by atoms with Gasteiger partial charge in [0.05, 0.1) is 11.6 Å². The summed E-state index contributed by atoms with van der Waals surface area (Å²) in [6.45, 7) is 4.34. The van der Waals surface area contributed by atoms with Crippen molar-refractivity contribution in [3.8, 4) is 6.07 Å². The summed E-state index contributed by atoms with van der Waals surface area (Å²) in [6, 6.07) is 19.5. The van der Waals surface area contributed by atoms with Crippen molar-refractivity contribution in [3.05, 3.63) is 65.2 Å². The molecule has 26 heavy (non-hydrogen) atoms. The molecule has 0 aliphatic carbocycles. The summed E-state index contributed by atoms with van der Waals surface area (Å²) >= 11 is 0. The maximum absolute atomic E-state index is 9.77. The van der Waals surface area contributed by atoms with Gasteiger partial charge in [-0.15, -0.1) is 0 Å². The van der Waals surface area contributed by atoms with Gasteiger partial charge in [0.15, 0.2) is 0 Å². The van der Waals surface area contributed by atoms with Crippen LogP contribution in [0.25, 0.3) is 43.1 Å². The number of aryl methyl sites for hydroxylation is 2. The zero-order chi connectivity index (χ0) is 18.0. The number of nitriles is 1. The minimum Gasteiger partial charge on any atom is -0.388 e. The second-order valence-corrected chi connectivity index (χ2v) is 7.05. The fourth-order valence-electron chi connectivity index (χ4n) is 4.62. The smallest absolute Gasteiger partial charge is 0.0998 e. The summed E-state index contributed by atoms with van der Waals surface area (Å²) in [7, 11) is 1.98. The summed E-state index contributed by atoms with van der Waals surface area (Å²) in [6.07, 6.45) is 0. The second-order valence-electron chi connectivity index (χ2n) is 7.05. The van der Waals surface area contributed by atoms with Gasteiger partial charge in [-0.25, -0.2) is 0 Å². The van der Waals surface area contributed by atoms with Crippen LogP contribution in [0.1, 0.15) is 16.7 Å². The molecule has 0 unspecified atom stereocenters. The topological polar surface area (TPSA) is 35.8 Å². The summed E-state index contributed by atoms with van der Waals surface area (Å²) in [5, 5.41) is 22.8. The standard InChI is InChI=1S/C24H18N2/c1-13-7-10-18-22-16(12-25)9-8-15-5-4-6-17(21(15)22)23-19(26-3)11-14(2)20(13)24(18)23/h4-11,26H,1-3H3. The fraction of sp³-hybridized carbons (Fsp3) is 0.125. The van der Waals surface area contributed by atoms with Crippen LogP contribution in [0.2, 0.25) is 0 Å². The molecule has 0 saturated heterocycles. The Morgan fingerprint density at radius 2 is 1.58 bits per heavy atom. The van der Waals surface area contributed by atoms with Crippen LogP contribution in [0.3, 0.4) is 0 Å². The Morgan fingerprint density at radius 3 is 2.35 bits per heavy atom. The number of nitrogens with zero attached hydrogens (tertiary/aromatic N) is 1. The Balaban J connectivity index is 2.30. The average Bonchev–Trinajstić information content (AvgIpc) is 2.66. The first-order chi connectivity index (χ1) is 12.7. The van der Waals surface area contributed by atoms with Crippen molar-refractivity contribution in [1.82, 2.24) is 0 Å². The average molecular weight is 334 g/mol. The third kappa shape index (κ3) is 1.70. The summed E-state index contributed by atoms with van der Waals surface area (Å²) < 4.78 is 0. The van der Waals surface area contributed by atoms with Gasteiger partial charge in [-0.05, 0) is 64.0 Å². The first kappa shape index (κ1) is 15.0. The lowest BCUT2D eigenvalue weighted by molar-refractivity contribution is 1.45. The zero-order valence-corrected chi connectivity index (χ0v) is 15.1. The Labute approximate surface area is 152 Å². The number of hydrogen-bond acceptors (Lipinski definition) is 2. The number of fused-ring (bicyclic) bond motifs is 2. The van der Waals surface area contributed by atoms with Crippen LogP contribution in [-0.2, 0) is 0 Å². The van der Waals surface area contributed by atoms with E-state index >= 15 is 0 Å². The highest BCUT2D eigenvalue weighted by atomic mass is 14.8. The molecule has 0 aromatic heterocycles. The molecule has 0 amide bonds. The molecule has 2 nitrogen and oxygen atoms in total. The van der Waals surface area contributed by atoms with Crippen LogP contribution in [0.5, 0.6) is 0 Å². The van der Waals surface area contributed by atoms with Gasteiger partial charge in [0.2, 0.25) is 0 Å². The number of hydrogen-bond donors (Lipinski definition) is 1. The highest BCUT2D eigenvalue weighted by Gasteiger charge is 2.19. The van der Waals surface area contributed by atoms with Crippen molar-refractivity contribution >= 4 is 48.8 Å². The minimum atomic E-state index is 0.744. The van der Waals surface area contributed by atoms with Gasteiger partial charge in [-0.1, -0.05) is 36.4 Å². The van der Waals surface area contributed by atoms with Gasteiger partial charge >= 0.3 is 0 Å². The van der Waals surface area contributed by atoms with E-state index in [1.165, 1.54) is 48.8 Å². The van der Waals surface area contributed by atoms with Crippen LogP contribution in [0, 0.1) is 25.2 Å². The van der Waals surface area contributed by atoms with E-state index in [2.05, 4.69) is 67.7 Å². The highest BCUT2D eigenvalue weighted by molar-refractivity contribution is 6.36. The zero-order valence-electron chi connectivity index (χ0n) is 15.1. The van der Waals surface area contributed by atoms with E-state index in [-0.39, 0.29) is 0 Å².